The van der Waals surface area contributed by atoms with Crippen LogP contribution in [-0.4, -0.2) is 45.7 Å². The summed E-state index contributed by atoms with van der Waals surface area (Å²) in [6, 6.07) is 3.66. The van der Waals surface area contributed by atoms with Gasteiger partial charge in [0.1, 0.15) is 0 Å². The minimum Gasteiger partial charge on any atom is -0.308 e. The maximum absolute atomic E-state index is 12.6. The van der Waals surface area contributed by atoms with E-state index in [0.717, 1.165) is 24.5 Å². The fraction of sp³-hybridized carbons (Fsp3) is 0.727. The Morgan fingerprint density at radius 3 is 2.46 bits per heavy atom. The molecule has 3 rings (SSSR count). The Kier molecular flexibility index (Phi) is 6.01. The molecule has 1 fully saturated rings. The molecule has 0 aliphatic carbocycles. The summed E-state index contributed by atoms with van der Waals surface area (Å²) in [6.07, 6.45) is 4.01. The lowest BCUT2D eigenvalue weighted by Crippen LogP contribution is -2.43. The molecule has 0 radical (unpaired) electrons. The predicted octanol–water partition coefficient (Wildman–Crippen LogP) is 3.48. The fourth-order valence-corrected chi connectivity index (χ4v) is 3.93. The normalized spacial score (nSPS) is 17.9. The van der Waals surface area contributed by atoms with E-state index < -0.39 is 0 Å². The van der Waals surface area contributed by atoms with Gasteiger partial charge in [0.15, 0.2) is 5.65 Å². The number of likely N-dealkylation sites (tertiary alicyclic amines) is 1. The lowest BCUT2D eigenvalue weighted by molar-refractivity contribution is 0.148. The minimum atomic E-state index is -0.0586. The van der Waals surface area contributed by atoms with Crippen LogP contribution in [0.5, 0.6) is 0 Å². The Bertz CT molecular complexity index is 852. The number of hydrogen-bond acceptors (Lipinski definition) is 4. The van der Waals surface area contributed by atoms with E-state index >= 15 is 0 Å². The van der Waals surface area contributed by atoms with Crippen molar-refractivity contribution in [2.45, 2.75) is 72.3 Å². The molecule has 2 N–H and O–H groups in total. The van der Waals surface area contributed by atoms with Gasteiger partial charge in [0, 0.05) is 42.4 Å². The maximum atomic E-state index is 12.6. The van der Waals surface area contributed by atoms with E-state index in [1.165, 1.54) is 36.9 Å². The highest BCUT2D eigenvalue weighted by atomic mass is 16.1. The van der Waals surface area contributed by atoms with Crippen molar-refractivity contribution < 1.29 is 0 Å². The van der Waals surface area contributed by atoms with Crippen LogP contribution in [0.25, 0.3) is 5.65 Å². The van der Waals surface area contributed by atoms with Gasteiger partial charge in [-0.1, -0.05) is 41.0 Å². The molecule has 0 amide bonds. The van der Waals surface area contributed by atoms with Crippen molar-refractivity contribution in [3.8, 4) is 0 Å². The van der Waals surface area contributed by atoms with Crippen molar-refractivity contribution >= 4 is 5.65 Å². The third-order valence-electron chi connectivity index (χ3n) is 5.71. The van der Waals surface area contributed by atoms with E-state index in [1.807, 2.05) is 6.07 Å². The monoisotopic (exact) mass is 387 g/mol. The van der Waals surface area contributed by atoms with Gasteiger partial charge in [-0.2, -0.15) is 0 Å². The van der Waals surface area contributed by atoms with Crippen molar-refractivity contribution in [3.05, 3.63) is 33.9 Å². The summed E-state index contributed by atoms with van der Waals surface area (Å²) in [7, 11) is 0. The van der Waals surface area contributed by atoms with Crippen LogP contribution in [-0.2, 0) is 5.41 Å². The molecule has 0 saturated carbocycles. The molecule has 0 bridgehead atoms. The zero-order chi connectivity index (χ0) is 20.5. The second-order valence-electron chi connectivity index (χ2n) is 10.2. The van der Waals surface area contributed by atoms with Gasteiger partial charge >= 0.3 is 0 Å². The van der Waals surface area contributed by atoms with Crippen LogP contribution in [0.1, 0.15) is 78.2 Å². The summed E-state index contributed by atoms with van der Waals surface area (Å²) < 4.78 is 1.54. The van der Waals surface area contributed by atoms with Gasteiger partial charge in [0.2, 0.25) is 0 Å². The Morgan fingerprint density at radius 1 is 1.14 bits per heavy atom. The van der Waals surface area contributed by atoms with Crippen LogP contribution in [0.3, 0.4) is 0 Å². The van der Waals surface area contributed by atoms with Gasteiger partial charge in [-0.3, -0.25) is 9.89 Å². The Balaban J connectivity index is 1.68. The molecule has 1 saturated heterocycles. The summed E-state index contributed by atoms with van der Waals surface area (Å²) in [5, 5.41) is 6.80. The van der Waals surface area contributed by atoms with Crippen molar-refractivity contribution in [1.82, 2.24) is 24.8 Å². The van der Waals surface area contributed by atoms with Gasteiger partial charge in [0.05, 0.1) is 5.69 Å². The summed E-state index contributed by atoms with van der Waals surface area (Å²) in [6.45, 7) is 17.5. The molecule has 3 heterocycles. The van der Waals surface area contributed by atoms with E-state index in [0.29, 0.717) is 5.65 Å². The quantitative estimate of drug-likeness (QED) is 0.796. The van der Waals surface area contributed by atoms with Crippen molar-refractivity contribution in [3.63, 3.8) is 0 Å². The molecular weight excluding hydrogens is 350 g/mol. The number of nitrogens with zero attached hydrogens (tertiary/aromatic N) is 3. The lowest BCUT2D eigenvalue weighted by Gasteiger charge is -2.35. The summed E-state index contributed by atoms with van der Waals surface area (Å²) in [4.78, 5) is 19.9. The van der Waals surface area contributed by atoms with Gasteiger partial charge < -0.3 is 10.2 Å². The van der Waals surface area contributed by atoms with Crippen LogP contribution in [0, 0.1) is 5.41 Å². The van der Waals surface area contributed by atoms with Gasteiger partial charge in [-0.15, -0.1) is 0 Å². The molecule has 2 aromatic rings. The summed E-state index contributed by atoms with van der Waals surface area (Å²) in [5.41, 5.74) is 2.57. The molecule has 28 heavy (non-hydrogen) atoms. The molecule has 2 aromatic heterocycles. The molecule has 0 spiro atoms. The minimum absolute atomic E-state index is 0.0336. The first kappa shape index (κ1) is 21.1. The number of hydrogen-bond donors (Lipinski definition) is 2. The number of aromatic nitrogens is 3. The van der Waals surface area contributed by atoms with Crippen LogP contribution in [0.15, 0.2) is 16.9 Å². The Hall–Kier alpha value is -1.66. The Labute approximate surface area is 168 Å². The van der Waals surface area contributed by atoms with Crippen LogP contribution in [0.4, 0.5) is 0 Å². The molecule has 6 heteroatoms. The Morgan fingerprint density at radius 2 is 1.82 bits per heavy atom. The van der Waals surface area contributed by atoms with Gasteiger partial charge in [0.25, 0.3) is 5.56 Å². The fourth-order valence-electron chi connectivity index (χ4n) is 3.93. The first-order valence-electron chi connectivity index (χ1n) is 10.6. The number of rotatable bonds is 6. The van der Waals surface area contributed by atoms with Gasteiger partial charge in [-0.25, -0.2) is 9.50 Å². The van der Waals surface area contributed by atoms with E-state index in [-0.39, 0.29) is 22.4 Å². The molecular formula is C22H37N5O. The number of H-pyrrole nitrogens is 1. The maximum Gasteiger partial charge on any atom is 0.272 e. The SMILES string of the molecule is CC(NCC(C)(C)CN1CCCCC1)c1cc(=O)n2[nH]c(C(C)(C)C)cc2n1. The molecule has 1 unspecified atom stereocenters. The first-order valence-corrected chi connectivity index (χ1v) is 10.6. The molecule has 0 aromatic carbocycles. The number of aromatic amines is 1. The summed E-state index contributed by atoms with van der Waals surface area (Å²) >= 11 is 0. The number of nitrogens with one attached hydrogen (secondary N) is 2. The first-order chi connectivity index (χ1) is 13.0. The number of fused-ring (bicyclic) bond motifs is 1. The van der Waals surface area contributed by atoms with Crippen molar-refractivity contribution in [2.24, 2.45) is 5.41 Å². The topological polar surface area (TPSA) is 65.4 Å². The zero-order valence-corrected chi connectivity index (χ0v) is 18.4. The largest absolute Gasteiger partial charge is 0.308 e. The molecule has 1 aliphatic heterocycles. The second-order valence-corrected chi connectivity index (χ2v) is 10.2. The smallest absolute Gasteiger partial charge is 0.272 e. The van der Waals surface area contributed by atoms with Gasteiger partial charge in [-0.05, 0) is 38.3 Å². The molecule has 1 aliphatic rings. The van der Waals surface area contributed by atoms with Crippen LogP contribution >= 0.6 is 0 Å². The highest BCUT2D eigenvalue weighted by Gasteiger charge is 2.24. The van der Waals surface area contributed by atoms with E-state index in [4.69, 9.17) is 4.98 Å². The van der Waals surface area contributed by atoms with E-state index in [9.17, 15) is 4.79 Å². The molecule has 6 nitrogen and oxygen atoms in total. The van der Waals surface area contributed by atoms with Crippen molar-refractivity contribution in [1.29, 1.82) is 0 Å². The molecule has 1 atom stereocenters. The summed E-state index contributed by atoms with van der Waals surface area (Å²) in [5.74, 6) is 0. The highest BCUT2D eigenvalue weighted by Crippen LogP contribution is 2.23. The standard InChI is InChI=1S/C22H37N5O/c1-16(23-14-22(5,6)15-26-10-8-7-9-11-26)17-12-20(28)27-19(24-17)13-18(25-27)21(2,3)4/h12-13,16,23,25H,7-11,14-15H2,1-6H3. The average molecular weight is 388 g/mol. The van der Waals surface area contributed by atoms with Crippen LogP contribution < -0.4 is 10.9 Å². The average Bonchev–Trinajstić information content (AvgIpc) is 3.05. The highest BCUT2D eigenvalue weighted by molar-refractivity contribution is 5.41. The third-order valence-corrected chi connectivity index (χ3v) is 5.71. The van der Waals surface area contributed by atoms with Crippen LogP contribution in [0.2, 0.25) is 0 Å². The van der Waals surface area contributed by atoms with E-state index in [1.54, 1.807) is 6.07 Å². The number of piperidine rings is 1. The molecule has 156 valence electrons. The predicted molar refractivity (Wildman–Crippen MR) is 115 cm³/mol. The third kappa shape index (κ3) is 5.03. The van der Waals surface area contributed by atoms with Crippen molar-refractivity contribution in [2.75, 3.05) is 26.2 Å². The second kappa shape index (κ2) is 7.99. The zero-order valence-electron chi connectivity index (χ0n) is 18.4. The lowest BCUT2D eigenvalue weighted by atomic mass is 9.91. The van der Waals surface area contributed by atoms with E-state index in [2.05, 4.69) is 56.9 Å².